The number of hydrogen-bond acceptors (Lipinski definition) is 2. The normalized spacial score (nSPS) is 13.6. The maximum atomic E-state index is 11.6. The Labute approximate surface area is 81.0 Å². The molecule has 13 heavy (non-hydrogen) atoms. The maximum absolute atomic E-state index is 11.6. The molecule has 0 spiro atoms. The molecule has 0 amide bonds. The molecule has 0 heterocycles. The summed E-state index contributed by atoms with van der Waals surface area (Å²) in [6.07, 6.45) is 4.45. The van der Waals surface area contributed by atoms with E-state index in [2.05, 4.69) is 13.8 Å². The predicted molar refractivity (Wildman–Crippen MR) is 55.0 cm³/mol. The lowest BCUT2D eigenvalue weighted by Crippen LogP contribution is -2.18. The third-order valence-electron chi connectivity index (χ3n) is 2.37. The fourth-order valence-electron chi connectivity index (χ4n) is 1.45. The van der Waals surface area contributed by atoms with Crippen LogP contribution in [0.2, 0.25) is 0 Å². The van der Waals surface area contributed by atoms with Crippen molar-refractivity contribution in [1.82, 2.24) is 5.54 Å². The Balaban J connectivity index is 3.36. The van der Waals surface area contributed by atoms with Crippen LogP contribution in [0.4, 0.5) is 4.48 Å². The Hall–Kier alpha value is -0.150. The smallest absolute Gasteiger partial charge is 0.0262 e. The molecule has 3 N–H and O–H groups in total. The van der Waals surface area contributed by atoms with Crippen molar-refractivity contribution >= 4 is 0 Å². The molecule has 1 atom stereocenters. The lowest BCUT2D eigenvalue weighted by Gasteiger charge is -2.14. The van der Waals surface area contributed by atoms with E-state index in [0.29, 0.717) is 19.0 Å². The summed E-state index contributed by atoms with van der Waals surface area (Å²) in [7, 11) is 0. The van der Waals surface area contributed by atoms with E-state index in [1.165, 1.54) is 12.8 Å². The van der Waals surface area contributed by atoms with Crippen molar-refractivity contribution < 1.29 is 4.48 Å². The number of halogens is 1. The van der Waals surface area contributed by atoms with Gasteiger partial charge in [0.05, 0.1) is 0 Å². The minimum absolute atomic E-state index is 0.434. The average molecular weight is 190 g/mol. The molecule has 0 aromatic rings. The van der Waals surface area contributed by atoms with Crippen LogP contribution >= 0.6 is 0 Å². The highest BCUT2D eigenvalue weighted by Crippen LogP contribution is 2.14. The van der Waals surface area contributed by atoms with Gasteiger partial charge in [0, 0.05) is 6.54 Å². The summed E-state index contributed by atoms with van der Waals surface area (Å²) in [4.78, 5) is 0. The lowest BCUT2D eigenvalue weighted by atomic mass is 9.96. The second kappa shape index (κ2) is 8.45. The van der Waals surface area contributed by atoms with Crippen LogP contribution in [-0.4, -0.2) is 13.1 Å². The summed E-state index contributed by atoms with van der Waals surface area (Å²) in [5.41, 5.74) is 7.26. The summed E-state index contributed by atoms with van der Waals surface area (Å²) < 4.78 is 11.6. The van der Waals surface area contributed by atoms with E-state index in [4.69, 9.17) is 5.73 Å². The van der Waals surface area contributed by atoms with E-state index in [0.717, 1.165) is 18.8 Å². The average Bonchev–Trinajstić information content (AvgIpc) is 2.10. The molecule has 0 aliphatic heterocycles. The van der Waals surface area contributed by atoms with Gasteiger partial charge < -0.3 is 5.73 Å². The second-order valence-electron chi connectivity index (χ2n) is 4.10. The van der Waals surface area contributed by atoms with Gasteiger partial charge in [-0.2, -0.15) is 5.54 Å². The van der Waals surface area contributed by atoms with E-state index >= 15 is 0 Å². The minimum atomic E-state index is 0.434. The first-order chi connectivity index (χ1) is 6.20. The van der Waals surface area contributed by atoms with Gasteiger partial charge in [0.25, 0.3) is 0 Å². The van der Waals surface area contributed by atoms with Crippen molar-refractivity contribution in [3.63, 3.8) is 0 Å². The van der Waals surface area contributed by atoms with E-state index in [1.807, 2.05) is 0 Å². The standard InChI is InChI=1S/C10H23FN2/c1-9(2)4-3-5-10(8-12)6-7-13-11/h9-10,13H,3-8,12H2,1-2H3. The molecule has 1 unspecified atom stereocenters. The van der Waals surface area contributed by atoms with Crippen LogP contribution in [0.1, 0.15) is 39.5 Å². The second-order valence-corrected chi connectivity index (χ2v) is 4.10. The van der Waals surface area contributed by atoms with E-state index in [9.17, 15) is 4.48 Å². The van der Waals surface area contributed by atoms with Crippen LogP contribution in [0.5, 0.6) is 0 Å². The summed E-state index contributed by atoms with van der Waals surface area (Å²) in [6, 6.07) is 0. The molecule has 2 nitrogen and oxygen atoms in total. The van der Waals surface area contributed by atoms with Crippen LogP contribution in [0.3, 0.4) is 0 Å². The number of nitrogens with two attached hydrogens (primary N) is 1. The monoisotopic (exact) mass is 190 g/mol. The van der Waals surface area contributed by atoms with Gasteiger partial charge in [0.1, 0.15) is 0 Å². The molecule has 0 rings (SSSR count). The highest BCUT2D eigenvalue weighted by Gasteiger charge is 2.06. The van der Waals surface area contributed by atoms with Gasteiger partial charge in [-0.3, -0.25) is 0 Å². The number of rotatable bonds is 8. The van der Waals surface area contributed by atoms with Gasteiger partial charge in [-0.05, 0) is 31.2 Å². The summed E-state index contributed by atoms with van der Waals surface area (Å²) in [5.74, 6) is 1.25. The van der Waals surface area contributed by atoms with E-state index in [1.54, 1.807) is 5.54 Å². The Morgan fingerprint density at radius 3 is 2.38 bits per heavy atom. The molecule has 0 aromatic carbocycles. The first-order valence-corrected chi connectivity index (χ1v) is 5.24. The highest BCUT2D eigenvalue weighted by molar-refractivity contribution is 4.61. The predicted octanol–water partition coefficient (Wildman–Crippen LogP) is 2.25. The zero-order valence-corrected chi connectivity index (χ0v) is 8.85. The minimum Gasteiger partial charge on any atom is -0.330 e. The topological polar surface area (TPSA) is 38.0 Å². The first-order valence-electron chi connectivity index (χ1n) is 5.24. The van der Waals surface area contributed by atoms with Crippen LogP contribution in [0, 0.1) is 11.8 Å². The summed E-state index contributed by atoms with van der Waals surface area (Å²) >= 11 is 0. The molecule has 0 saturated heterocycles. The summed E-state index contributed by atoms with van der Waals surface area (Å²) in [6.45, 7) is 5.56. The first kappa shape index (κ1) is 12.8. The molecule has 0 radical (unpaired) electrons. The molecule has 0 aliphatic rings. The van der Waals surface area contributed by atoms with Gasteiger partial charge in [-0.1, -0.05) is 26.7 Å². The van der Waals surface area contributed by atoms with Crippen molar-refractivity contribution in [2.45, 2.75) is 39.5 Å². The van der Waals surface area contributed by atoms with Gasteiger partial charge in [-0.15, -0.1) is 4.48 Å². The molecule has 0 saturated carbocycles. The van der Waals surface area contributed by atoms with Gasteiger partial charge >= 0.3 is 0 Å². The van der Waals surface area contributed by atoms with Crippen LogP contribution in [0.25, 0.3) is 0 Å². The van der Waals surface area contributed by atoms with Gasteiger partial charge in [0.2, 0.25) is 0 Å². The number of nitrogens with one attached hydrogen (secondary N) is 1. The van der Waals surface area contributed by atoms with Gasteiger partial charge in [-0.25, -0.2) is 0 Å². The highest BCUT2D eigenvalue weighted by atomic mass is 19.2. The van der Waals surface area contributed by atoms with Gasteiger partial charge in [0.15, 0.2) is 0 Å². The molecule has 3 heteroatoms. The number of hydrogen-bond donors (Lipinski definition) is 2. The molecule has 0 bridgehead atoms. The van der Waals surface area contributed by atoms with Crippen LogP contribution in [-0.2, 0) is 0 Å². The third-order valence-corrected chi connectivity index (χ3v) is 2.37. The van der Waals surface area contributed by atoms with Crippen LogP contribution < -0.4 is 11.3 Å². The molecular weight excluding hydrogens is 167 g/mol. The molecule has 80 valence electrons. The van der Waals surface area contributed by atoms with Crippen molar-refractivity contribution in [1.29, 1.82) is 0 Å². The van der Waals surface area contributed by atoms with E-state index < -0.39 is 0 Å². The van der Waals surface area contributed by atoms with Crippen molar-refractivity contribution in [2.75, 3.05) is 13.1 Å². The fourth-order valence-corrected chi connectivity index (χ4v) is 1.45. The van der Waals surface area contributed by atoms with Crippen molar-refractivity contribution in [3.8, 4) is 0 Å². The van der Waals surface area contributed by atoms with Crippen molar-refractivity contribution in [3.05, 3.63) is 0 Å². The Morgan fingerprint density at radius 2 is 1.92 bits per heavy atom. The SMILES string of the molecule is CC(C)CCCC(CN)CCNF. The zero-order valence-electron chi connectivity index (χ0n) is 8.85. The molecular formula is C10H23FN2. The Kier molecular flexibility index (Phi) is 8.35. The maximum Gasteiger partial charge on any atom is 0.0262 e. The van der Waals surface area contributed by atoms with Crippen molar-refractivity contribution in [2.24, 2.45) is 17.6 Å². The van der Waals surface area contributed by atoms with E-state index in [-0.39, 0.29) is 0 Å². The third kappa shape index (κ3) is 8.19. The summed E-state index contributed by atoms with van der Waals surface area (Å²) in [5, 5.41) is 0. The largest absolute Gasteiger partial charge is 0.330 e. The fraction of sp³-hybridized carbons (Fsp3) is 1.00. The Morgan fingerprint density at radius 1 is 1.23 bits per heavy atom. The molecule has 0 fully saturated rings. The quantitative estimate of drug-likeness (QED) is 0.576. The lowest BCUT2D eigenvalue weighted by molar-refractivity contribution is 0.303. The Bertz CT molecular complexity index is 107. The zero-order chi connectivity index (χ0) is 10.1. The van der Waals surface area contributed by atoms with Crippen LogP contribution in [0.15, 0.2) is 0 Å². The molecule has 0 aliphatic carbocycles. The molecule has 0 aromatic heterocycles.